The second-order valence-electron chi connectivity index (χ2n) is 4.55. The Hall–Kier alpha value is -2.28. The second-order valence-corrected chi connectivity index (χ2v) is 5.44. The molecule has 0 radical (unpaired) electrons. The van der Waals surface area contributed by atoms with E-state index >= 15 is 0 Å². The fourth-order valence-electron chi connectivity index (χ4n) is 2.05. The van der Waals surface area contributed by atoms with E-state index in [2.05, 4.69) is 10.3 Å². The van der Waals surface area contributed by atoms with Crippen molar-refractivity contribution in [2.45, 2.75) is 6.42 Å². The van der Waals surface area contributed by atoms with E-state index in [1.54, 1.807) is 5.38 Å². The molecule has 1 aliphatic rings. The van der Waals surface area contributed by atoms with Crippen LogP contribution < -0.4 is 20.5 Å². The smallest absolute Gasteiger partial charge is 0.270 e. The number of fused-ring (bicyclic) bond motifs is 1. The molecule has 21 heavy (non-hydrogen) atoms. The van der Waals surface area contributed by atoms with Gasteiger partial charge in [0.2, 0.25) is 0 Å². The average molecular weight is 305 g/mol. The number of anilines is 1. The average Bonchev–Trinajstić information content (AvgIpc) is 2.94. The van der Waals surface area contributed by atoms with Crippen molar-refractivity contribution in [3.05, 3.63) is 34.8 Å². The molecule has 110 valence electrons. The molecule has 2 heterocycles. The number of hydrogen-bond acceptors (Lipinski definition) is 6. The van der Waals surface area contributed by atoms with E-state index in [0.717, 1.165) is 17.1 Å². The molecular formula is C14H15N3O3S. The monoisotopic (exact) mass is 305 g/mol. The van der Waals surface area contributed by atoms with Crippen LogP contribution in [-0.4, -0.2) is 30.6 Å². The number of amides is 1. The van der Waals surface area contributed by atoms with E-state index < -0.39 is 0 Å². The summed E-state index contributed by atoms with van der Waals surface area (Å²) in [7, 11) is 0. The van der Waals surface area contributed by atoms with Crippen LogP contribution in [0.1, 0.15) is 16.1 Å². The largest absolute Gasteiger partial charge is 0.486 e. The van der Waals surface area contributed by atoms with Gasteiger partial charge in [0.15, 0.2) is 16.6 Å². The maximum absolute atomic E-state index is 11.8. The summed E-state index contributed by atoms with van der Waals surface area (Å²) >= 11 is 1.25. The fraction of sp³-hybridized carbons (Fsp3) is 0.286. The molecule has 1 aromatic heterocycles. The topological polar surface area (TPSA) is 86.5 Å². The highest BCUT2D eigenvalue weighted by molar-refractivity contribution is 7.13. The van der Waals surface area contributed by atoms with Crippen LogP contribution in [-0.2, 0) is 6.42 Å². The Morgan fingerprint density at radius 2 is 2.14 bits per heavy atom. The number of nitrogen functional groups attached to an aromatic ring is 1. The third-order valence-corrected chi connectivity index (χ3v) is 3.73. The SMILES string of the molecule is Nc1nc(C(=O)NCCc2ccc3c(c2)OCCO3)cs1. The zero-order valence-corrected chi connectivity index (χ0v) is 12.1. The fourth-order valence-corrected chi connectivity index (χ4v) is 2.59. The van der Waals surface area contributed by atoms with Crippen molar-refractivity contribution in [2.75, 3.05) is 25.5 Å². The van der Waals surface area contributed by atoms with E-state index in [4.69, 9.17) is 15.2 Å². The highest BCUT2D eigenvalue weighted by atomic mass is 32.1. The molecule has 3 N–H and O–H groups in total. The first-order valence-corrected chi connectivity index (χ1v) is 7.48. The minimum atomic E-state index is -0.208. The van der Waals surface area contributed by atoms with Crippen molar-refractivity contribution in [3.63, 3.8) is 0 Å². The molecule has 0 saturated carbocycles. The zero-order valence-electron chi connectivity index (χ0n) is 11.3. The Labute approximate surface area is 125 Å². The lowest BCUT2D eigenvalue weighted by atomic mass is 10.1. The standard InChI is InChI=1S/C14H15N3O3S/c15-14-17-10(8-21-14)13(18)16-4-3-9-1-2-11-12(7-9)20-6-5-19-11/h1-2,7-8H,3-6H2,(H2,15,17)(H,16,18). The van der Waals surface area contributed by atoms with E-state index in [0.29, 0.717) is 37.0 Å². The number of carbonyl (C=O) groups excluding carboxylic acids is 1. The summed E-state index contributed by atoms with van der Waals surface area (Å²) < 4.78 is 11.0. The van der Waals surface area contributed by atoms with Crippen LogP contribution in [0.25, 0.3) is 0 Å². The first-order chi connectivity index (χ1) is 10.2. The van der Waals surface area contributed by atoms with Gasteiger partial charge in [0.25, 0.3) is 5.91 Å². The first kappa shape index (κ1) is 13.7. The van der Waals surface area contributed by atoms with Crippen molar-refractivity contribution in [1.29, 1.82) is 0 Å². The van der Waals surface area contributed by atoms with Gasteiger partial charge in [-0.1, -0.05) is 6.07 Å². The van der Waals surface area contributed by atoms with Crippen LogP contribution in [0, 0.1) is 0 Å². The number of aromatic nitrogens is 1. The van der Waals surface area contributed by atoms with E-state index in [1.807, 2.05) is 18.2 Å². The molecule has 7 heteroatoms. The number of nitrogens with zero attached hydrogens (tertiary/aromatic N) is 1. The van der Waals surface area contributed by atoms with Gasteiger partial charge in [-0.25, -0.2) is 4.98 Å². The van der Waals surface area contributed by atoms with Gasteiger partial charge in [0, 0.05) is 11.9 Å². The second kappa shape index (κ2) is 6.01. The molecule has 0 spiro atoms. The quantitative estimate of drug-likeness (QED) is 0.893. The van der Waals surface area contributed by atoms with E-state index in [9.17, 15) is 4.79 Å². The molecule has 6 nitrogen and oxygen atoms in total. The third kappa shape index (κ3) is 3.25. The first-order valence-electron chi connectivity index (χ1n) is 6.60. The van der Waals surface area contributed by atoms with Gasteiger partial charge in [0.05, 0.1) is 0 Å². The molecule has 1 amide bonds. The van der Waals surface area contributed by atoms with Crippen LogP contribution >= 0.6 is 11.3 Å². The van der Waals surface area contributed by atoms with E-state index in [1.165, 1.54) is 11.3 Å². The predicted molar refractivity (Wildman–Crippen MR) is 80.0 cm³/mol. The molecule has 2 aromatic rings. The van der Waals surface area contributed by atoms with Gasteiger partial charge in [-0.05, 0) is 24.1 Å². The zero-order chi connectivity index (χ0) is 14.7. The third-order valence-electron chi connectivity index (χ3n) is 3.06. The predicted octanol–water partition coefficient (Wildman–Crippen LogP) is 1.47. The van der Waals surface area contributed by atoms with Crippen molar-refractivity contribution in [1.82, 2.24) is 10.3 Å². The number of nitrogens with two attached hydrogens (primary N) is 1. The van der Waals surface area contributed by atoms with Crippen LogP contribution in [0.2, 0.25) is 0 Å². The lowest BCUT2D eigenvalue weighted by Crippen LogP contribution is -2.26. The van der Waals surface area contributed by atoms with Crippen molar-refractivity contribution in [3.8, 4) is 11.5 Å². The van der Waals surface area contributed by atoms with E-state index in [-0.39, 0.29) is 5.91 Å². The normalized spacial score (nSPS) is 13.0. The summed E-state index contributed by atoms with van der Waals surface area (Å²) in [5, 5.41) is 4.86. The van der Waals surface area contributed by atoms with Gasteiger partial charge in [-0.15, -0.1) is 11.3 Å². The number of thiazole rings is 1. The Kier molecular flexibility index (Phi) is 3.92. The molecule has 0 fully saturated rings. The van der Waals surface area contributed by atoms with Crippen molar-refractivity contribution < 1.29 is 14.3 Å². The lowest BCUT2D eigenvalue weighted by molar-refractivity contribution is 0.0950. The Morgan fingerprint density at radius 3 is 2.90 bits per heavy atom. The van der Waals surface area contributed by atoms with Crippen molar-refractivity contribution >= 4 is 22.4 Å². The number of carbonyl (C=O) groups is 1. The van der Waals surface area contributed by atoms with Gasteiger partial charge in [-0.2, -0.15) is 0 Å². The summed E-state index contributed by atoms with van der Waals surface area (Å²) in [4.78, 5) is 15.8. The number of benzene rings is 1. The maximum Gasteiger partial charge on any atom is 0.270 e. The molecule has 0 aliphatic carbocycles. The molecule has 0 atom stereocenters. The maximum atomic E-state index is 11.8. The molecule has 0 bridgehead atoms. The highest BCUT2D eigenvalue weighted by Gasteiger charge is 2.12. The minimum absolute atomic E-state index is 0.208. The van der Waals surface area contributed by atoms with Crippen LogP contribution in [0.3, 0.4) is 0 Å². The number of hydrogen-bond donors (Lipinski definition) is 2. The Balaban J connectivity index is 1.54. The summed E-state index contributed by atoms with van der Waals surface area (Å²) in [5.41, 5.74) is 6.94. The van der Waals surface area contributed by atoms with Gasteiger partial charge in [0.1, 0.15) is 18.9 Å². The van der Waals surface area contributed by atoms with Gasteiger partial charge >= 0.3 is 0 Å². The lowest BCUT2D eigenvalue weighted by Gasteiger charge is -2.18. The Bertz CT molecular complexity index is 657. The van der Waals surface area contributed by atoms with Crippen LogP contribution in [0.4, 0.5) is 5.13 Å². The number of nitrogens with one attached hydrogen (secondary N) is 1. The molecule has 0 saturated heterocycles. The summed E-state index contributed by atoms with van der Waals surface area (Å²) in [6.07, 6.45) is 0.710. The minimum Gasteiger partial charge on any atom is -0.486 e. The highest BCUT2D eigenvalue weighted by Crippen LogP contribution is 2.30. The number of rotatable bonds is 4. The molecule has 1 aliphatic heterocycles. The number of ether oxygens (including phenoxy) is 2. The van der Waals surface area contributed by atoms with Crippen molar-refractivity contribution in [2.24, 2.45) is 0 Å². The molecule has 3 rings (SSSR count). The van der Waals surface area contributed by atoms with Gasteiger partial charge < -0.3 is 20.5 Å². The summed E-state index contributed by atoms with van der Waals surface area (Å²) in [6.45, 7) is 1.67. The Morgan fingerprint density at radius 1 is 1.33 bits per heavy atom. The summed E-state index contributed by atoms with van der Waals surface area (Å²) in [6, 6.07) is 5.81. The van der Waals surface area contributed by atoms with Crippen LogP contribution in [0.15, 0.2) is 23.6 Å². The van der Waals surface area contributed by atoms with Crippen LogP contribution in [0.5, 0.6) is 11.5 Å². The molecule has 1 aromatic carbocycles. The summed E-state index contributed by atoms with van der Waals surface area (Å²) in [5.74, 6) is 1.32. The van der Waals surface area contributed by atoms with Gasteiger partial charge in [-0.3, -0.25) is 4.79 Å². The molecule has 0 unspecified atom stereocenters. The molecular weight excluding hydrogens is 290 g/mol.